The maximum Gasteiger partial charge on any atom is 0.394 e. The largest absolute Gasteiger partial charge is 0.450 e. The van der Waals surface area contributed by atoms with Crippen LogP contribution in [0.5, 0.6) is 6.08 Å². The number of hydrogen-bond acceptors (Lipinski definition) is 3. The molecule has 13 heavy (non-hydrogen) atoms. The fourth-order valence-corrected chi connectivity index (χ4v) is 1.08. The van der Waals surface area contributed by atoms with E-state index in [0.29, 0.717) is 12.2 Å². The van der Waals surface area contributed by atoms with Crippen LogP contribution in [-0.2, 0) is 0 Å². The number of para-hydroxylation sites is 1. The zero-order chi connectivity index (χ0) is 9.26. The van der Waals surface area contributed by atoms with Crippen molar-refractivity contribution in [3.8, 4) is 6.08 Å². The SMILES string of the molecule is CCOc1nc2c(F)cccc2o1. The Bertz CT molecular complexity index is 424. The Morgan fingerprint density at radius 2 is 2.38 bits per heavy atom. The van der Waals surface area contributed by atoms with E-state index < -0.39 is 5.82 Å². The van der Waals surface area contributed by atoms with Crippen molar-refractivity contribution in [3.63, 3.8) is 0 Å². The van der Waals surface area contributed by atoms with Gasteiger partial charge >= 0.3 is 6.08 Å². The number of fused-ring (bicyclic) bond motifs is 1. The number of aromatic nitrogens is 1. The van der Waals surface area contributed by atoms with E-state index in [1.54, 1.807) is 12.1 Å². The Labute approximate surface area is 74.1 Å². The lowest BCUT2D eigenvalue weighted by Gasteiger charge is -1.91. The Balaban J connectivity index is 2.55. The predicted molar refractivity (Wildman–Crippen MR) is 45.1 cm³/mol. The van der Waals surface area contributed by atoms with Gasteiger partial charge in [0.2, 0.25) is 0 Å². The number of ether oxygens (including phenoxy) is 1. The summed E-state index contributed by atoms with van der Waals surface area (Å²) in [5.74, 6) is -0.396. The third-order valence-corrected chi connectivity index (χ3v) is 1.62. The number of oxazole rings is 1. The predicted octanol–water partition coefficient (Wildman–Crippen LogP) is 2.37. The average molecular weight is 181 g/mol. The number of nitrogens with zero attached hydrogens (tertiary/aromatic N) is 1. The summed E-state index contributed by atoms with van der Waals surface area (Å²) in [6.07, 6.45) is 0.114. The topological polar surface area (TPSA) is 35.3 Å². The molecular formula is C9H8FNO2. The van der Waals surface area contributed by atoms with Gasteiger partial charge in [-0.15, -0.1) is 0 Å². The number of hydrogen-bond donors (Lipinski definition) is 0. The minimum atomic E-state index is -0.396. The van der Waals surface area contributed by atoms with Crippen molar-refractivity contribution in [1.82, 2.24) is 4.98 Å². The Morgan fingerprint density at radius 3 is 3.08 bits per heavy atom. The van der Waals surface area contributed by atoms with E-state index >= 15 is 0 Å². The van der Waals surface area contributed by atoms with E-state index in [2.05, 4.69) is 4.98 Å². The van der Waals surface area contributed by atoms with Gasteiger partial charge in [-0.25, -0.2) is 4.39 Å². The monoisotopic (exact) mass is 181 g/mol. The van der Waals surface area contributed by atoms with E-state index in [0.717, 1.165) is 0 Å². The first kappa shape index (κ1) is 8.04. The summed E-state index contributed by atoms with van der Waals surface area (Å²) in [7, 11) is 0. The lowest BCUT2D eigenvalue weighted by molar-refractivity contribution is 0.251. The molecule has 0 saturated heterocycles. The van der Waals surface area contributed by atoms with Crippen LogP contribution in [0.15, 0.2) is 22.6 Å². The second-order valence-electron chi connectivity index (χ2n) is 2.50. The summed E-state index contributed by atoms with van der Waals surface area (Å²) in [6.45, 7) is 2.26. The molecule has 0 spiro atoms. The van der Waals surface area contributed by atoms with Crippen LogP contribution in [0.25, 0.3) is 11.1 Å². The lowest BCUT2D eigenvalue weighted by Crippen LogP contribution is -1.90. The highest BCUT2D eigenvalue weighted by atomic mass is 19.1. The molecule has 0 amide bonds. The fourth-order valence-electron chi connectivity index (χ4n) is 1.08. The van der Waals surface area contributed by atoms with Crippen molar-refractivity contribution in [1.29, 1.82) is 0 Å². The van der Waals surface area contributed by atoms with Crippen LogP contribution in [0.2, 0.25) is 0 Å². The molecule has 0 fully saturated rings. The summed E-state index contributed by atoms with van der Waals surface area (Å²) in [6, 6.07) is 4.55. The number of rotatable bonds is 2. The van der Waals surface area contributed by atoms with Gasteiger partial charge in [0.05, 0.1) is 6.61 Å². The van der Waals surface area contributed by atoms with Crippen LogP contribution < -0.4 is 4.74 Å². The molecular weight excluding hydrogens is 173 g/mol. The molecule has 0 unspecified atom stereocenters. The normalized spacial score (nSPS) is 10.6. The van der Waals surface area contributed by atoms with Gasteiger partial charge < -0.3 is 9.15 Å². The number of halogens is 1. The Kier molecular flexibility index (Phi) is 1.88. The van der Waals surface area contributed by atoms with Gasteiger partial charge in [-0.05, 0) is 19.1 Å². The van der Waals surface area contributed by atoms with Crippen LogP contribution in [-0.4, -0.2) is 11.6 Å². The average Bonchev–Trinajstić information content (AvgIpc) is 2.49. The lowest BCUT2D eigenvalue weighted by atomic mass is 10.3. The summed E-state index contributed by atoms with van der Waals surface area (Å²) in [5.41, 5.74) is 0.620. The second-order valence-corrected chi connectivity index (χ2v) is 2.50. The van der Waals surface area contributed by atoms with Gasteiger partial charge in [0, 0.05) is 0 Å². The van der Waals surface area contributed by atoms with Crippen molar-refractivity contribution in [2.24, 2.45) is 0 Å². The van der Waals surface area contributed by atoms with Gasteiger partial charge in [0.15, 0.2) is 11.4 Å². The molecule has 3 nitrogen and oxygen atoms in total. The third-order valence-electron chi connectivity index (χ3n) is 1.62. The molecule has 4 heteroatoms. The van der Waals surface area contributed by atoms with Crippen LogP contribution >= 0.6 is 0 Å². The first-order valence-corrected chi connectivity index (χ1v) is 3.99. The van der Waals surface area contributed by atoms with Gasteiger partial charge in [0.1, 0.15) is 5.52 Å². The summed E-state index contributed by atoms with van der Waals surface area (Å²) < 4.78 is 23.2. The van der Waals surface area contributed by atoms with Gasteiger partial charge in [0.25, 0.3) is 0 Å². The molecule has 0 radical (unpaired) electrons. The highest BCUT2D eigenvalue weighted by Crippen LogP contribution is 2.22. The molecule has 2 aromatic rings. The van der Waals surface area contributed by atoms with Crippen LogP contribution in [0.4, 0.5) is 4.39 Å². The smallest absolute Gasteiger partial charge is 0.394 e. The molecule has 1 aromatic heterocycles. The van der Waals surface area contributed by atoms with Gasteiger partial charge in [-0.2, -0.15) is 4.98 Å². The first-order chi connectivity index (χ1) is 6.31. The minimum Gasteiger partial charge on any atom is -0.450 e. The molecule has 0 bridgehead atoms. The zero-order valence-electron chi connectivity index (χ0n) is 7.08. The summed E-state index contributed by atoms with van der Waals surface area (Å²) in [5, 5.41) is 0. The first-order valence-electron chi connectivity index (χ1n) is 3.99. The van der Waals surface area contributed by atoms with Crippen LogP contribution in [0, 0.1) is 5.82 Å². The van der Waals surface area contributed by atoms with E-state index in [4.69, 9.17) is 9.15 Å². The highest BCUT2D eigenvalue weighted by Gasteiger charge is 2.09. The Hall–Kier alpha value is -1.58. The molecule has 0 N–H and O–H groups in total. The number of benzene rings is 1. The van der Waals surface area contributed by atoms with E-state index in [1.807, 2.05) is 6.92 Å². The van der Waals surface area contributed by atoms with Crippen LogP contribution in [0.1, 0.15) is 6.92 Å². The minimum absolute atomic E-state index is 0.114. The molecule has 0 atom stereocenters. The van der Waals surface area contributed by atoms with E-state index in [1.165, 1.54) is 6.07 Å². The maximum atomic E-state index is 13.1. The van der Waals surface area contributed by atoms with Crippen molar-refractivity contribution >= 4 is 11.1 Å². The Morgan fingerprint density at radius 1 is 1.54 bits per heavy atom. The molecule has 2 rings (SSSR count). The third kappa shape index (κ3) is 1.35. The zero-order valence-corrected chi connectivity index (χ0v) is 7.08. The quantitative estimate of drug-likeness (QED) is 0.713. The summed E-state index contributed by atoms with van der Waals surface area (Å²) >= 11 is 0. The van der Waals surface area contributed by atoms with Crippen LogP contribution in [0.3, 0.4) is 0 Å². The highest BCUT2D eigenvalue weighted by molar-refractivity contribution is 5.73. The molecule has 1 aromatic carbocycles. The van der Waals surface area contributed by atoms with Crippen molar-refractivity contribution in [3.05, 3.63) is 24.0 Å². The van der Waals surface area contributed by atoms with Gasteiger partial charge in [-0.3, -0.25) is 0 Å². The molecule has 0 saturated carbocycles. The molecule has 0 aliphatic carbocycles. The molecule has 0 aliphatic heterocycles. The van der Waals surface area contributed by atoms with Crippen molar-refractivity contribution < 1.29 is 13.5 Å². The molecule has 0 aliphatic rings. The van der Waals surface area contributed by atoms with Gasteiger partial charge in [-0.1, -0.05) is 6.07 Å². The maximum absolute atomic E-state index is 13.1. The van der Waals surface area contributed by atoms with Crippen molar-refractivity contribution in [2.75, 3.05) is 6.61 Å². The van der Waals surface area contributed by atoms with Crippen molar-refractivity contribution in [2.45, 2.75) is 6.92 Å². The summed E-state index contributed by atoms with van der Waals surface area (Å²) in [4.78, 5) is 3.84. The fraction of sp³-hybridized carbons (Fsp3) is 0.222. The van der Waals surface area contributed by atoms with E-state index in [-0.39, 0.29) is 11.6 Å². The van der Waals surface area contributed by atoms with E-state index in [9.17, 15) is 4.39 Å². The molecule has 68 valence electrons. The second kappa shape index (κ2) is 3.05. The molecule has 1 heterocycles. The standard InChI is InChI=1S/C9H8FNO2/c1-2-12-9-11-8-6(10)4-3-5-7(8)13-9/h3-5H,2H2,1H3.